The van der Waals surface area contributed by atoms with Crippen LogP contribution in [0.3, 0.4) is 0 Å². The lowest BCUT2D eigenvalue weighted by Gasteiger charge is -2.18. The minimum Gasteiger partial charge on any atom is -0.494 e. The zero-order chi connectivity index (χ0) is 21.2. The molecule has 1 N–H and O–H groups in total. The first-order valence-electron chi connectivity index (χ1n) is 10.1. The number of furan rings is 1. The standard InChI is InChI=1S/C22H21N5O4/c1-2-29-18-7-4-3-6-14(18)12-27-13-15(10-20(27)28)21-23-22(31-26-21)17-11-16(24-25-17)19-8-5-9-30-19/h3-9,11,15H,2,10,12-13H2,1H3,(H,24,25). The average Bonchev–Trinajstić information content (AvgIpc) is 3.57. The maximum absolute atomic E-state index is 12.6. The van der Waals surface area contributed by atoms with E-state index in [1.807, 2.05) is 42.2 Å². The number of benzene rings is 1. The first-order chi connectivity index (χ1) is 15.2. The number of para-hydroxylation sites is 1. The number of rotatable bonds is 7. The lowest BCUT2D eigenvalue weighted by Crippen LogP contribution is -2.24. The first-order valence-corrected chi connectivity index (χ1v) is 10.1. The molecule has 9 nitrogen and oxygen atoms in total. The summed E-state index contributed by atoms with van der Waals surface area (Å²) in [6, 6.07) is 13.2. The minimum absolute atomic E-state index is 0.0595. The van der Waals surface area contributed by atoms with Crippen LogP contribution >= 0.6 is 0 Å². The van der Waals surface area contributed by atoms with Crippen LogP contribution in [0.5, 0.6) is 5.75 Å². The maximum Gasteiger partial charge on any atom is 0.275 e. The SMILES string of the molecule is CCOc1ccccc1CN1CC(c2noc(-c3cc(-c4ccco4)n[nH]3)n2)CC1=O. The summed E-state index contributed by atoms with van der Waals surface area (Å²) < 4.78 is 16.5. The van der Waals surface area contributed by atoms with Crippen LogP contribution in [0.4, 0.5) is 0 Å². The number of aromatic nitrogens is 4. The fourth-order valence-electron chi connectivity index (χ4n) is 3.73. The third-order valence-electron chi connectivity index (χ3n) is 5.24. The van der Waals surface area contributed by atoms with Gasteiger partial charge in [0.25, 0.3) is 5.89 Å². The second kappa shape index (κ2) is 8.10. The Hall–Kier alpha value is -3.88. The largest absolute Gasteiger partial charge is 0.494 e. The Morgan fingerprint density at radius 1 is 1.26 bits per heavy atom. The molecule has 1 aliphatic rings. The fraction of sp³-hybridized carbons (Fsp3) is 0.273. The number of nitrogens with zero attached hydrogens (tertiary/aromatic N) is 4. The van der Waals surface area contributed by atoms with E-state index >= 15 is 0 Å². The molecule has 9 heteroatoms. The second-order valence-electron chi connectivity index (χ2n) is 7.32. The highest BCUT2D eigenvalue weighted by molar-refractivity contribution is 5.79. The fourth-order valence-corrected chi connectivity index (χ4v) is 3.73. The predicted octanol–water partition coefficient (Wildman–Crippen LogP) is 3.63. The van der Waals surface area contributed by atoms with Crippen LogP contribution in [-0.4, -0.2) is 44.3 Å². The van der Waals surface area contributed by atoms with Crippen molar-refractivity contribution in [1.29, 1.82) is 0 Å². The van der Waals surface area contributed by atoms with Gasteiger partial charge in [-0.2, -0.15) is 10.1 Å². The van der Waals surface area contributed by atoms with E-state index in [9.17, 15) is 4.79 Å². The number of hydrogen-bond donors (Lipinski definition) is 1. The predicted molar refractivity (Wildman–Crippen MR) is 110 cm³/mol. The number of amides is 1. The molecule has 0 saturated carbocycles. The van der Waals surface area contributed by atoms with Gasteiger partial charge in [-0.1, -0.05) is 23.4 Å². The quantitative estimate of drug-likeness (QED) is 0.487. The molecule has 4 heterocycles. The molecule has 158 valence electrons. The number of nitrogens with one attached hydrogen (secondary N) is 1. The van der Waals surface area contributed by atoms with Gasteiger partial charge in [-0.3, -0.25) is 9.89 Å². The van der Waals surface area contributed by atoms with Gasteiger partial charge in [0, 0.05) is 37.1 Å². The van der Waals surface area contributed by atoms with Crippen molar-refractivity contribution in [2.24, 2.45) is 0 Å². The van der Waals surface area contributed by atoms with E-state index in [1.54, 1.807) is 18.4 Å². The summed E-state index contributed by atoms with van der Waals surface area (Å²) in [5.41, 5.74) is 2.22. The smallest absolute Gasteiger partial charge is 0.275 e. The zero-order valence-electron chi connectivity index (χ0n) is 16.9. The Balaban J connectivity index is 1.29. The molecule has 0 aliphatic carbocycles. The molecule has 0 spiro atoms. The molecule has 4 aromatic rings. The Kier molecular flexibility index (Phi) is 4.99. The highest BCUT2D eigenvalue weighted by atomic mass is 16.5. The summed E-state index contributed by atoms with van der Waals surface area (Å²) >= 11 is 0. The van der Waals surface area contributed by atoms with E-state index in [0.717, 1.165) is 11.3 Å². The average molecular weight is 419 g/mol. The van der Waals surface area contributed by atoms with Crippen LogP contribution < -0.4 is 4.74 Å². The van der Waals surface area contributed by atoms with Crippen LogP contribution in [0, 0.1) is 0 Å². The molecular formula is C22H21N5O4. The maximum atomic E-state index is 12.6. The molecule has 31 heavy (non-hydrogen) atoms. The lowest BCUT2D eigenvalue weighted by molar-refractivity contribution is -0.128. The van der Waals surface area contributed by atoms with E-state index in [2.05, 4.69) is 20.3 Å². The number of likely N-dealkylation sites (tertiary alicyclic amines) is 1. The third-order valence-corrected chi connectivity index (χ3v) is 5.24. The monoisotopic (exact) mass is 419 g/mol. The summed E-state index contributed by atoms with van der Waals surface area (Å²) in [4.78, 5) is 18.9. The summed E-state index contributed by atoms with van der Waals surface area (Å²) in [6.45, 7) is 3.54. The van der Waals surface area contributed by atoms with Crippen LogP contribution in [0.2, 0.25) is 0 Å². The van der Waals surface area contributed by atoms with Crippen LogP contribution in [0.25, 0.3) is 23.0 Å². The molecule has 1 saturated heterocycles. The van der Waals surface area contributed by atoms with Crippen molar-refractivity contribution in [3.8, 4) is 28.8 Å². The number of H-pyrrole nitrogens is 1. The van der Waals surface area contributed by atoms with Crippen molar-refractivity contribution < 1.29 is 18.5 Å². The molecule has 3 aromatic heterocycles. The first kappa shape index (κ1) is 19.1. The minimum atomic E-state index is -0.128. The van der Waals surface area contributed by atoms with Crippen LogP contribution in [0.15, 0.2) is 57.7 Å². The van der Waals surface area contributed by atoms with E-state index < -0.39 is 0 Å². The van der Waals surface area contributed by atoms with E-state index in [-0.39, 0.29) is 11.8 Å². The van der Waals surface area contributed by atoms with Crippen LogP contribution in [0.1, 0.15) is 30.7 Å². The van der Waals surface area contributed by atoms with Gasteiger partial charge in [0.05, 0.1) is 12.9 Å². The molecule has 1 aromatic carbocycles. The summed E-state index contributed by atoms with van der Waals surface area (Å²) in [7, 11) is 0. The molecular weight excluding hydrogens is 398 g/mol. The van der Waals surface area contributed by atoms with Crippen molar-refractivity contribution in [3.05, 3.63) is 60.1 Å². The highest BCUT2D eigenvalue weighted by Gasteiger charge is 2.34. The summed E-state index contributed by atoms with van der Waals surface area (Å²) in [6.07, 6.45) is 1.93. The van der Waals surface area contributed by atoms with Gasteiger partial charge in [0.1, 0.15) is 17.1 Å². The van der Waals surface area contributed by atoms with E-state index in [0.29, 0.717) is 55.0 Å². The molecule has 1 aliphatic heterocycles. The van der Waals surface area contributed by atoms with E-state index in [4.69, 9.17) is 13.7 Å². The van der Waals surface area contributed by atoms with Gasteiger partial charge < -0.3 is 18.6 Å². The topological polar surface area (TPSA) is 110 Å². The Morgan fingerprint density at radius 3 is 3.00 bits per heavy atom. The molecule has 1 unspecified atom stereocenters. The van der Waals surface area contributed by atoms with Gasteiger partial charge in [-0.05, 0) is 25.1 Å². The van der Waals surface area contributed by atoms with Crippen molar-refractivity contribution in [3.63, 3.8) is 0 Å². The van der Waals surface area contributed by atoms with Crippen molar-refractivity contribution >= 4 is 5.91 Å². The molecule has 0 radical (unpaired) electrons. The van der Waals surface area contributed by atoms with Gasteiger partial charge in [0.2, 0.25) is 5.91 Å². The lowest BCUT2D eigenvalue weighted by atomic mass is 10.1. The van der Waals surface area contributed by atoms with Crippen molar-refractivity contribution in [2.45, 2.75) is 25.8 Å². The highest BCUT2D eigenvalue weighted by Crippen LogP contribution is 2.31. The molecule has 0 bridgehead atoms. The summed E-state index contributed by atoms with van der Waals surface area (Å²) in [5, 5.41) is 11.2. The van der Waals surface area contributed by atoms with Gasteiger partial charge >= 0.3 is 0 Å². The normalized spacial score (nSPS) is 16.2. The van der Waals surface area contributed by atoms with Gasteiger partial charge in [-0.25, -0.2) is 0 Å². The van der Waals surface area contributed by atoms with Crippen molar-refractivity contribution in [1.82, 2.24) is 25.2 Å². The third kappa shape index (κ3) is 3.81. The molecule has 1 atom stereocenters. The number of carbonyl (C=O) groups excluding carboxylic acids is 1. The molecule has 1 fully saturated rings. The Labute approximate surface area is 178 Å². The molecule has 1 amide bonds. The van der Waals surface area contributed by atoms with Crippen molar-refractivity contribution in [2.75, 3.05) is 13.2 Å². The Bertz CT molecular complexity index is 1180. The van der Waals surface area contributed by atoms with Gasteiger partial charge in [-0.15, -0.1) is 0 Å². The second-order valence-corrected chi connectivity index (χ2v) is 7.32. The molecule has 5 rings (SSSR count). The van der Waals surface area contributed by atoms with Gasteiger partial charge in [0.15, 0.2) is 11.6 Å². The Morgan fingerprint density at radius 2 is 2.16 bits per heavy atom. The summed E-state index contributed by atoms with van der Waals surface area (Å²) in [5.74, 6) is 2.22. The van der Waals surface area contributed by atoms with Crippen LogP contribution in [-0.2, 0) is 11.3 Å². The number of ether oxygens (including phenoxy) is 1. The zero-order valence-corrected chi connectivity index (χ0v) is 16.9. The number of carbonyl (C=O) groups is 1. The number of hydrogen-bond acceptors (Lipinski definition) is 7. The number of aromatic amines is 1. The van der Waals surface area contributed by atoms with E-state index in [1.165, 1.54) is 0 Å².